The highest BCUT2D eigenvalue weighted by Crippen LogP contribution is 2.29. The Bertz CT molecular complexity index is 1470. The Morgan fingerprint density at radius 3 is 2.52 bits per heavy atom. The van der Waals surface area contributed by atoms with E-state index in [0.717, 1.165) is 38.9 Å². The van der Waals surface area contributed by atoms with Crippen LogP contribution < -0.4 is 4.72 Å². The van der Waals surface area contributed by atoms with E-state index in [2.05, 4.69) is 21.5 Å². The number of hydrogen-bond acceptors (Lipinski definition) is 4. The summed E-state index contributed by atoms with van der Waals surface area (Å²) in [6, 6.07) is 17.0. The quantitative estimate of drug-likeness (QED) is 0.356. The van der Waals surface area contributed by atoms with E-state index in [1.165, 1.54) is 6.07 Å². The summed E-state index contributed by atoms with van der Waals surface area (Å²) >= 11 is 1.00. The zero-order valence-electron chi connectivity index (χ0n) is 18.0. The number of aliphatic carboxylic acids is 1. The van der Waals surface area contributed by atoms with Gasteiger partial charge < -0.3 is 10.1 Å². The molecule has 2 atom stereocenters. The largest absolute Gasteiger partial charge is 0.480 e. The average Bonchev–Trinajstić information content (AvgIpc) is 3.44. The summed E-state index contributed by atoms with van der Waals surface area (Å²) in [4.78, 5) is 15.7. The molecule has 0 saturated carbocycles. The first-order valence-electron chi connectivity index (χ1n) is 10.2. The highest BCUT2D eigenvalue weighted by molar-refractivity contribution is 7.91. The first kappa shape index (κ1) is 22.8. The van der Waals surface area contributed by atoms with Gasteiger partial charge in [0.15, 0.2) is 0 Å². The van der Waals surface area contributed by atoms with Gasteiger partial charge in [-0.2, -0.15) is 4.72 Å². The van der Waals surface area contributed by atoms with Crippen LogP contribution in [0.3, 0.4) is 0 Å². The number of thiophene rings is 1. The van der Waals surface area contributed by atoms with Crippen molar-refractivity contribution in [3.63, 3.8) is 0 Å². The fourth-order valence-electron chi connectivity index (χ4n) is 3.54. The molecule has 0 saturated heterocycles. The number of benzene rings is 2. The van der Waals surface area contributed by atoms with E-state index in [9.17, 15) is 18.3 Å². The van der Waals surface area contributed by atoms with Gasteiger partial charge in [0.05, 0.1) is 4.88 Å². The Kier molecular flexibility index (Phi) is 6.38. The van der Waals surface area contributed by atoms with Crippen molar-refractivity contribution in [2.45, 2.75) is 30.0 Å². The summed E-state index contributed by atoms with van der Waals surface area (Å²) in [5.74, 6) is 4.14. The number of rotatable bonds is 6. The highest BCUT2D eigenvalue weighted by Gasteiger charge is 2.33. The summed E-state index contributed by atoms with van der Waals surface area (Å²) in [6.07, 6.45) is 1.73. The van der Waals surface area contributed by atoms with Crippen molar-refractivity contribution in [3.05, 3.63) is 88.4 Å². The first-order valence-corrected chi connectivity index (χ1v) is 12.5. The molecular formula is C25H22N2O4S2. The lowest BCUT2D eigenvalue weighted by Crippen LogP contribution is -2.43. The summed E-state index contributed by atoms with van der Waals surface area (Å²) in [7, 11) is -4.05. The van der Waals surface area contributed by atoms with Gasteiger partial charge in [-0.1, -0.05) is 54.7 Å². The number of fused-ring (bicyclic) bond motifs is 1. The maximum absolute atomic E-state index is 13.0. The van der Waals surface area contributed by atoms with Gasteiger partial charge in [0.25, 0.3) is 10.0 Å². The third-order valence-corrected chi connectivity index (χ3v) is 8.32. The topological polar surface area (TPSA) is 99.3 Å². The molecule has 0 radical (unpaired) electrons. The van der Waals surface area contributed by atoms with Crippen LogP contribution in [0, 0.1) is 18.8 Å². The summed E-state index contributed by atoms with van der Waals surface area (Å²) in [5, 5.41) is 10.7. The molecule has 4 aromatic rings. The number of aromatic nitrogens is 1. The predicted octanol–water partition coefficient (Wildman–Crippen LogP) is 4.47. The molecule has 4 rings (SSSR count). The van der Waals surface area contributed by atoms with Crippen LogP contribution in [0.25, 0.3) is 10.9 Å². The smallest absolute Gasteiger partial charge is 0.322 e. The Hall–Kier alpha value is -3.38. The number of aromatic amines is 1. The summed E-state index contributed by atoms with van der Waals surface area (Å²) < 4.78 is 28.4. The number of carboxylic acid groups (broad SMARTS) is 1. The number of carboxylic acids is 1. The number of para-hydroxylation sites is 1. The van der Waals surface area contributed by atoms with Gasteiger partial charge in [-0.05, 0) is 42.8 Å². The minimum absolute atomic E-state index is 0.0214. The summed E-state index contributed by atoms with van der Waals surface area (Å²) in [5.41, 5.74) is 3.55. The third kappa shape index (κ3) is 5.01. The van der Waals surface area contributed by atoms with Crippen LogP contribution in [0.15, 0.2) is 71.1 Å². The minimum Gasteiger partial charge on any atom is -0.480 e. The molecule has 1 unspecified atom stereocenters. The molecule has 168 valence electrons. The SMILES string of the molecule is Cc1ccc(C#Cc2ccc(S(=O)(=O)N[C@H](C(=O)O)C(C)c3c[nH]c4ccccc34)s2)cc1. The number of carbonyl (C=O) groups is 1. The van der Waals surface area contributed by atoms with Crippen molar-refractivity contribution in [1.29, 1.82) is 0 Å². The van der Waals surface area contributed by atoms with Crippen LogP contribution in [0.1, 0.15) is 34.4 Å². The minimum atomic E-state index is -4.05. The Morgan fingerprint density at radius 1 is 1.06 bits per heavy atom. The van der Waals surface area contributed by atoms with Crippen LogP contribution in [-0.2, 0) is 14.8 Å². The molecule has 0 spiro atoms. The third-order valence-electron chi connectivity index (χ3n) is 5.39. The van der Waals surface area contributed by atoms with E-state index < -0.39 is 28.0 Å². The monoisotopic (exact) mass is 478 g/mol. The van der Waals surface area contributed by atoms with Crippen molar-refractivity contribution >= 4 is 38.2 Å². The molecule has 6 nitrogen and oxygen atoms in total. The van der Waals surface area contributed by atoms with Gasteiger partial charge in [-0.25, -0.2) is 8.42 Å². The molecule has 0 aliphatic rings. The molecule has 0 bridgehead atoms. The lowest BCUT2D eigenvalue weighted by Gasteiger charge is -2.21. The predicted molar refractivity (Wildman–Crippen MR) is 130 cm³/mol. The van der Waals surface area contributed by atoms with Crippen LogP contribution >= 0.6 is 11.3 Å². The second-order valence-electron chi connectivity index (χ2n) is 7.75. The van der Waals surface area contributed by atoms with Crippen molar-refractivity contribution < 1.29 is 18.3 Å². The van der Waals surface area contributed by atoms with Crippen LogP contribution in [0.4, 0.5) is 0 Å². The number of hydrogen-bond donors (Lipinski definition) is 3. The van der Waals surface area contributed by atoms with E-state index in [0.29, 0.717) is 4.88 Å². The molecular weight excluding hydrogens is 456 g/mol. The van der Waals surface area contributed by atoms with Gasteiger partial charge in [0, 0.05) is 28.6 Å². The number of sulfonamides is 1. The van der Waals surface area contributed by atoms with E-state index in [1.807, 2.05) is 55.5 Å². The van der Waals surface area contributed by atoms with E-state index in [4.69, 9.17) is 0 Å². The van der Waals surface area contributed by atoms with Gasteiger partial charge in [0.1, 0.15) is 10.3 Å². The van der Waals surface area contributed by atoms with Crippen molar-refractivity contribution in [2.24, 2.45) is 0 Å². The average molecular weight is 479 g/mol. The van der Waals surface area contributed by atoms with Crippen LogP contribution in [0.5, 0.6) is 0 Å². The van der Waals surface area contributed by atoms with Crippen molar-refractivity contribution in [2.75, 3.05) is 0 Å². The van der Waals surface area contributed by atoms with Crippen molar-refractivity contribution in [3.8, 4) is 11.8 Å². The molecule has 0 amide bonds. The number of aryl methyl sites for hydroxylation is 1. The lowest BCUT2D eigenvalue weighted by atomic mass is 9.93. The fraction of sp³-hybridized carbons (Fsp3) is 0.160. The lowest BCUT2D eigenvalue weighted by molar-refractivity contribution is -0.139. The molecule has 2 aromatic heterocycles. The van der Waals surface area contributed by atoms with Crippen molar-refractivity contribution in [1.82, 2.24) is 9.71 Å². The van der Waals surface area contributed by atoms with Gasteiger partial charge in [-0.15, -0.1) is 11.3 Å². The van der Waals surface area contributed by atoms with E-state index in [1.54, 1.807) is 19.2 Å². The second kappa shape index (κ2) is 9.24. The Morgan fingerprint density at radius 2 is 1.79 bits per heavy atom. The van der Waals surface area contributed by atoms with Crippen LogP contribution in [-0.4, -0.2) is 30.5 Å². The Labute approximate surface area is 196 Å². The molecule has 2 aromatic carbocycles. The highest BCUT2D eigenvalue weighted by atomic mass is 32.2. The molecule has 33 heavy (non-hydrogen) atoms. The summed E-state index contributed by atoms with van der Waals surface area (Å²) in [6.45, 7) is 3.69. The molecule has 0 aliphatic heterocycles. The van der Waals surface area contributed by atoms with Gasteiger partial charge >= 0.3 is 5.97 Å². The second-order valence-corrected chi connectivity index (χ2v) is 10.8. The van der Waals surface area contributed by atoms with Crippen LogP contribution in [0.2, 0.25) is 0 Å². The maximum atomic E-state index is 13.0. The fourth-order valence-corrected chi connectivity index (χ4v) is 5.99. The van der Waals surface area contributed by atoms with Gasteiger partial charge in [-0.3, -0.25) is 4.79 Å². The molecule has 3 N–H and O–H groups in total. The van der Waals surface area contributed by atoms with E-state index in [-0.39, 0.29) is 4.21 Å². The van der Waals surface area contributed by atoms with E-state index >= 15 is 0 Å². The normalized spacial score (nSPS) is 13.3. The standard InChI is InChI=1S/C25H22N2O4S2/c1-16-7-9-18(10-8-16)11-12-19-13-14-23(32-19)33(30,31)27-24(25(28)29)17(2)21-15-26-22-6-4-3-5-20(21)22/h3-10,13-15,17,24,26-27H,1-2H3,(H,28,29)/t17?,24-/m0/s1. The Balaban J connectivity index is 1.56. The number of H-pyrrole nitrogens is 1. The molecule has 2 heterocycles. The molecule has 8 heteroatoms. The zero-order chi connectivity index (χ0) is 23.6. The first-order chi connectivity index (χ1) is 15.7. The van der Waals surface area contributed by atoms with Gasteiger partial charge in [0.2, 0.25) is 0 Å². The molecule has 0 aliphatic carbocycles. The number of nitrogens with one attached hydrogen (secondary N) is 2. The zero-order valence-corrected chi connectivity index (χ0v) is 19.6. The maximum Gasteiger partial charge on any atom is 0.322 e. The molecule has 0 fully saturated rings.